The molecule has 1 aliphatic rings. The smallest absolute Gasteiger partial charge is 0.379 e. The van der Waals surface area contributed by atoms with Crippen molar-refractivity contribution in [3.63, 3.8) is 0 Å². The number of nitrogens with one attached hydrogen (secondary N) is 2. The Morgan fingerprint density at radius 3 is 2.50 bits per heavy atom. The van der Waals surface area contributed by atoms with Crippen molar-refractivity contribution in [2.45, 2.75) is 6.18 Å². The van der Waals surface area contributed by atoms with Crippen LogP contribution in [0.15, 0.2) is 36.7 Å². The van der Waals surface area contributed by atoms with E-state index in [0.717, 1.165) is 19.2 Å². The predicted molar refractivity (Wildman–Crippen MR) is 96.4 cm³/mol. The maximum atomic E-state index is 13.0. The number of aromatic nitrogens is 2. The van der Waals surface area contributed by atoms with Crippen LogP contribution in [0, 0.1) is 0 Å². The van der Waals surface area contributed by atoms with E-state index in [1.807, 2.05) is 0 Å². The highest BCUT2D eigenvalue weighted by atomic mass is 19.4. The first-order valence-corrected chi connectivity index (χ1v) is 8.77. The number of ether oxygens (including phenoxy) is 1. The first kappa shape index (κ1) is 20.0. The number of halogens is 3. The molecule has 2 N–H and O–H groups in total. The van der Waals surface area contributed by atoms with E-state index in [1.54, 1.807) is 0 Å². The van der Waals surface area contributed by atoms with E-state index in [4.69, 9.17) is 4.74 Å². The number of para-hydroxylation sites is 1. The Kier molecular flexibility index (Phi) is 6.42. The molecule has 0 spiro atoms. The van der Waals surface area contributed by atoms with Gasteiger partial charge in [-0.2, -0.15) is 13.2 Å². The Balaban J connectivity index is 1.55. The van der Waals surface area contributed by atoms with E-state index in [1.165, 1.54) is 30.6 Å². The molecule has 3 rings (SSSR count). The summed E-state index contributed by atoms with van der Waals surface area (Å²) in [7, 11) is 0. The van der Waals surface area contributed by atoms with Crippen LogP contribution in [-0.2, 0) is 10.9 Å². The lowest BCUT2D eigenvalue weighted by atomic mass is 10.1. The first-order chi connectivity index (χ1) is 13.4. The third-order valence-corrected chi connectivity index (χ3v) is 4.21. The number of morpholine rings is 1. The summed E-state index contributed by atoms with van der Waals surface area (Å²) in [4.78, 5) is 22.2. The van der Waals surface area contributed by atoms with Gasteiger partial charge >= 0.3 is 6.18 Å². The second kappa shape index (κ2) is 8.98. The summed E-state index contributed by atoms with van der Waals surface area (Å²) in [5.74, 6) is -0.364. The van der Waals surface area contributed by atoms with Gasteiger partial charge in [0.05, 0.1) is 30.0 Å². The minimum Gasteiger partial charge on any atom is -0.379 e. The molecule has 1 aliphatic heterocycles. The molecule has 2 aromatic rings. The average Bonchev–Trinajstić information content (AvgIpc) is 2.69. The Labute approximate surface area is 159 Å². The van der Waals surface area contributed by atoms with Crippen molar-refractivity contribution in [3.8, 4) is 0 Å². The largest absolute Gasteiger partial charge is 0.418 e. The molecule has 0 radical (unpaired) electrons. The molecule has 1 saturated heterocycles. The van der Waals surface area contributed by atoms with Gasteiger partial charge in [0.25, 0.3) is 5.91 Å². The van der Waals surface area contributed by atoms with E-state index >= 15 is 0 Å². The molecule has 1 aromatic heterocycles. The first-order valence-electron chi connectivity index (χ1n) is 8.77. The summed E-state index contributed by atoms with van der Waals surface area (Å²) >= 11 is 0. The van der Waals surface area contributed by atoms with Crippen molar-refractivity contribution >= 4 is 17.5 Å². The topological polar surface area (TPSA) is 79.4 Å². The molecule has 7 nitrogen and oxygen atoms in total. The Hall–Kier alpha value is -2.72. The molecule has 0 atom stereocenters. The second-order valence-electron chi connectivity index (χ2n) is 6.17. The minimum atomic E-state index is -4.50. The summed E-state index contributed by atoms with van der Waals surface area (Å²) < 4.78 is 44.4. The molecule has 150 valence electrons. The number of nitrogens with zero attached hydrogens (tertiary/aromatic N) is 3. The molecular formula is C18H20F3N5O2. The fourth-order valence-corrected chi connectivity index (χ4v) is 2.72. The van der Waals surface area contributed by atoms with Crippen molar-refractivity contribution < 1.29 is 22.7 Å². The average molecular weight is 395 g/mol. The van der Waals surface area contributed by atoms with E-state index < -0.39 is 11.7 Å². The number of amides is 1. The number of hydrogen-bond acceptors (Lipinski definition) is 6. The number of hydrogen-bond donors (Lipinski definition) is 2. The third-order valence-electron chi connectivity index (χ3n) is 4.21. The fourth-order valence-electron chi connectivity index (χ4n) is 2.72. The molecule has 2 heterocycles. The number of anilines is 2. The molecule has 0 aliphatic carbocycles. The van der Waals surface area contributed by atoms with Crippen molar-refractivity contribution in [3.05, 3.63) is 47.8 Å². The lowest BCUT2D eigenvalue weighted by molar-refractivity contribution is -0.136. The zero-order valence-electron chi connectivity index (χ0n) is 15.0. The van der Waals surface area contributed by atoms with E-state index in [2.05, 4.69) is 25.5 Å². The van der Waals surface area contributed by atoms with Crippen molar-refractivity contribution in [2.24, 2.45) is 0 Å². The van der Waals surface area contributed by atoms with Gasteiger partial charge in [-0.15, -0.1) is 0 Å². The minimum absolute atomic E-state index is 0.0263. The Bertz CT molecular complexity index is 793. The van der Waals surface area contributed by atoms with Gasteiger partial charge in [-0.25, -0.2) is 9.97 Å². The molecule has 1 aromatic carbocycles. The van der Waals surface area contributed by atoms with E-state index in [9.17, 15) is 18.0 Å². The molecule has 0 bridgehead atoms. The standard InChI is InChI=1S/C18H20F3N5O2/c19-18(20,21)14-3-1-2-4-15(14)25-17-23-11-13(12-24-17)16(27)22-5-6-26-7-9-28-10-8-26/h1-4,11-12H,5-10H2,(H,22,27)(H,23,24,25). The van der Waals surface area contributed by atoms with Crippen LogP contribution in [0.4, 0.5) is 24.8 Å². The maximum Gasteiger partial charge on any atom is 0.418 e. The SMILES string of the molecule is O=C(NCCN1CCOCC1)c1cnc(Nc2ccccc2C(F)(F)F)nc1. The highest BCUT2D eigenvalue weighted by molar-refractivity contribution is 5.93. The highest BCUT2D eigenvalue weighted by Gasteiger charge is 2.33. The summed E-state index contributed by atoms with van der Waals surface area (Å²) in [6, 6.07) is 5.05. The third kappa shape index (κ3) is 5.40. The maximum absolute atomic E-state index is 13.0. The number of rotatable bonds is 6. The second-order valence-corrected chi connectivity index (χ2v) is 6.17. The summed E-state index contributed by atoms with van der Waals surface area (Å²) in [5.41, 5.74) is -0.738. The van der Waals surface area contributed by atoms with Crippen LogP contribution in [0.1, 0.15) is 15.9 Å². The van der Waals surface area contributed by atoms with Gasteiger partial charge in [-0.1, -0.05) is 12.1 Å². The van der Waals surface area contributed by atoms with Crippen molar-refractivity contribution in [2.75, 3.05) is 44.7 Å². The molecular weight excluding hydrogens is 375 g/mol. The molecule has 0 saturated carbocycles. The lowest BCUT2D eigenvalue weighted by Crippen LogP contribution is -2.41. The quantitative estimate of drug-likeness (QED) is 0.782. The predicted octanol–water partition coefficient (Wildman–Crippen LogP) is 2.30. The zero-order chi connectivity index (χ0) is 20.0. The number of carbonyl (C=O) groups excluding carboxylic acids is 1. The number of alkyl halides is 3. The number of benzene rings is 1. The van der Waals surface area contributed by atoms with E-state index in [0.29, 0.717) is 26.3 Å². The molecule has 28 heavy (non-hydrogen) atoms. The Morgan fingerprint density at radius 2 is 1.82 bits per heavy atom. The van der Waals surface area contributed by atoms with Gasteiger partial charge in [0.1, 0.15) is 0 Å². The van der Waals surface area contributed by atoms with Crippen LogP contribution in [-0.4, -0.2) is 60.2 Å². The fraction of sp³-hybridized carbons (Fsp3) is 0.389. The Morgan fingerprint density at radius 1 is 1.14 bits per heavy atom. The van der Waals surface area contributed by atoms with Crippen LogP contribution in [0.5, 0.6) is 0 Å². The number of carbonyl (C=O) groups is 1. The molecule has 1 fully saturated rings. The van der Waals surface area contributed by atoms with Crippen molar-refractivity contribution in [1.82, 2.24) is 20.2 Å². The monoisotopic (exact) mass is 395 g/mol. The van der Waals surface area contributed by atoms with Crippen LogP contribution in [0.3, 0.4) is 0 Å². The normalized spacial score (nSPS) is 15.2. The van der Waals surface area contributed by atoms with E-state index in [-0.39, 0.29) is 23.1 Å². The van der Waals surface area contributed by atoms with Gasteiger partial charge in [0, 0.05) is 38.6 Å². The van der Waals surface area contributed by atoms with Crippen LogP contribution in [0.2, 0.25) is 0 Å². The van der Waals surface area contributed by atoms with Crippen LogP contribution < -0.4 is 10.6 Å². The summed E-state index contributed by atoms with van der Waals surface area (Å²) in [6.07, 6.45) is -1.95. The van der Waals surface area contributed by atoms with Gasteiger partial charge in [0.15, 0.2) is 0 Å². The van der Waals surface area contributed by atoms with Crippen molar-refractivity contribution in [1.29, 1.82) is 0 Å². The molecule has 1 amide bonds. The van der Waals surface area contributed by atoms with Crippen LogP contribution in [0.25, 0.3) is 0 Å². The van der Waals surface area contributed by atoms with Gasteiger partial charge < -0.3 is 15.4 Å². The van der Waals surface area contributed by atoms with Gasteiger partial charge in [-0.3, -0.25) is 9.69 Å². The summed E-state index contributed by atoms with van der Waals surface area (Å²) in [5, 5.41) is 5.31. The molecule has 10 heteroatoms. The zero-order valence-corrected chi connectivity index (χ0v) is 15.0. The lowest BCUT2D eigenvalue weighted by Gasteiger charge is -2.26. The van der Waals surface area contributed by atoms with Crippen LogP contribution >= 0.6 is 0 Å². The van der Waals surface area contributed by atoms with Gasteiger partial charge in [-0.05, 0) is 12.1 Å². The van der Waals surface area contributed by atoms with Gasteiger partial charge in [0.2, 0.25) is 5.95 Å². The highest BCUT2D eigenvalue weighted by Crippen LogP contribution is 2.35. The summed E-state index contributed by atoms with van der Waals surface area (Å²) in [6.45, 7) is 4.22. The molecule has 0 unspecified atom stereocenters.